The maximum Gasteiger partial charge on any atom is 0.320 e. The molecule has 2 nitrogen and oxygen atoms in total. The fourth-order valence-electron chi connectivity index (χ4n) is 1.60. The van der Waals surface area contributed by atoms with Crippen LogP contribution in [0.1, 0.15) is 19.3 Å². The first-order chi connectivity index (χ1) is 7.14. The first-order valence-electron chi connectivity index (χ1n) is 4.81. The van der Waals surface area contributed by atoms with Crippen LogP contribution in [-0.4, -0.2) is 15.8 Å². The molecule has 0 radical (unpaired) electrons. The van der Waals surface area contributed by atoms with Gasteiger partial charge in [-0.05, 0) is 47.3 Å². The van der Waals surface area contributed by atoms with E-state index in [0.717, 1.165) is 28.6 Å². The first kappa shape index (κ1) is 11.0. The molecule has 80 valence electrons. The molecular weight excluding hydrogens is 276 g/mol. The predicted molar refractivity (Wildman–Crippen MR) is 64.2 cm³/mol. The lowest BCUT2D eigenvalue weighted by atomic mass is 9.84. The number of hydrogen-bond donors (Lipinski definition) is 1. The molecule has 0 atom stereocenters. The van der Waals surface area contributed by atoms with Gasteiger partial charge < -0.3 is 5.11 Å². The number of aliphatic carboxylic acids is 1. The van der Waals surface area contributed by atoms with Gasteiger partial charge in [0.25, 0.3) is 0 Å². The second kappa shape index (κ2) is 4.18. The van der Waals surface area contributed by atoms with Gasteiger partial charge in [-0.3, -0.25) is 4.79 Å². The molecular formula is C11H11BrO2S. The highest BCUT2D eigenvalue weighted by atomic mass is 79.9. The van der Waals surface area contributed by atoms with Gasteiger partial charge in [0, 0.05) is 9.37 Å². The Labute approximate surface area is 101 Å². The number of halogens is 1. The van der Waals surface area contributed by atoms with Gasteiger partial charge in [-0.25, -0.2) is 0 Å². The maximum absolute atomic E-state index is 11.2. The SMILES string of the molecule is O=C(O)C1(Sc2ccccc2Br)CCC1. The number of hydrogen-bond acceptors (Lipinski definition) is 2. The Morgan fingerprint density at radius 2 is 2.07 bits per heavy atom. The van der Waals surface area contributed by atoms with Gasteiger partial charge in [0.1, 0.15) is 4.75 Å². The Morgan fingerprint density at radius 1 is 1.40 bits per heavy atom. The third-order valence-corrected chi connectivity index (χ3v) is 5.20. The summed E-state index contributed by atoms with van der Waals surface area (Å²) in [6.45, 7) is 0. The highest BCUT2D eigenvalue weighted by molar-refractivity contribution is 9.10. The molecule has 0 bridgehead atoms. The van der Waals surface area contributed by atoms with E-state index in [0.29, 0.717) is 0 Å². The highest BCUT2D eigenvalue weighted by Gasteiger charge is 2.45. The van der Waals surface area contributed by atoms with Crippen molar-refractivity contribution in [3.8, 4) is 0 Å². The number of carboxylic acids is 1. The average molecular weight is 287 g/mol. The van der Waals surface area contributed by atoms with Crippen molar-refractivity contribution in [2.24, 2.45) is 0 Å². The lowest BCUT2D eigenvalue weighted by Crippen LogP contribution is -2.41. The van der Waals surface area contributed by atoms with Crippen molar-refractivity contribution in [2.45, 2.75) is 28.9 Å². The highest BCUT2D eigenvalue weighted by Crippen LogP contribution is 2.49. The largest absolute Gasteiger partial charge is 0.480 e. The summed E-state index contributed by atoms with van der Waals surface area (Å²) < 4.78 is 0.395. The zero-order valence-electron chi connectivity index (χ0n) is 8.07. The minimum Gasteiger partial charge on any atom is -0.480 e. The summed E-state index contributed by atoms with van der Waals surface area (Å²) in [7, 11) is 0. The van der Waals surface area contributed by atoms with Crippen LogP contribution in [0.25, 0.3) is 0 Å². The molecule has 0 unspecified atom stereocenters. The van der Waals surface area contributed by atoms with E-state index in [4.69, 9.17) is 0 Å². The first-order valence-corrected chi connectivity index (χ1v) is 6.42. The van der Waals surface area contributed by atoms with Crippen LogP contribution < -0.4 is 0 Å². The van der Waals surface area contributed by atoms with Crippen molar-refractivity contribution in [2.75, 3.05) is 0 Å². The molecule has 0 aliphatic heterocycles. The molecule has 1 saturated carbocycles. The standard InChI is InChI=1S/C11H11BrO2S/c12-8-4-1-2-5-9(8)15-11(10(13)14)6-3-7-11/h1-2,4-5H,3,6-7H2,(H,13,14). The smallest absolute Gasteiger partial charge is 0.320 e. The third-order valence-electron chi connectivity index (χ3n) is 2.69. The molecule has 0 heterocycles. The molecule has 4 heteroatoms. The number of thioether (sulfide) groups is 1. The number of carboxylic acid groups (broad SMARTS) is 1. The normalized spacial score (nSPS) is 18.2. The van der Waals surface area contributed by atoms with Crippen molar-refractivity contribution in [3.05, 3.63) is 28.7 Å². The van der Waals surface area contributed by atoms with E-state index < -0.39 is 10.7 Å². The number of rotatable bonds is 3. The van der Waals surface area contributed by atoms with Crippen LogP contribution in [0.3, 0.4) is 0 Å². The van der Waals surface area contributed by atoms with E-state index >= 15 is 0 Å². The quantitative estimate of drug-likeness (QED) is 0.923. The summed E-state index contributed by atoms with van der Waals surface area (Å²) >= 11 is 4.90. The summed E-state index contributed by atoms with van der Waals surface area (Å²) in [5.74, 6) is -0.686. The lowest BCUT2D eigenvalue weighted by molar-refractivity contribution is -0.142. The molecule has 15 heavy (non-hydrogen) atoms. The average Bonchev–Trinajstić information content (AvgIpc) is 2.13. The van der Waals surface area contributed by atoms with E-state index in [2.05, 4.69) is 15.9 Å². The molecule has 1 N–H and O–H groups in total. The van der Waals surface area contributed by atoms with Crippen LogP contribution in [0.15, 0.2) is 33.6 Å². The van der Waals surface area contributed by atoms with Crippen molar-refractivity contribution in [1.29, 1.82) is 0 Å². The zero-order chi connectivity index (χ0) is 10.9. The van der Waals surface area contributed by atoms with Gasteiger partial charge in [-0.1, -0.05) is 12.1 Å². The summed E-state index contributed by atoms with van der Waals surface area (Å²) in [6, 6.07) is 7.76. The van der Waals surface area contributed by atoms with Crippen LogP contribution in [0, 0.1) is 0 Å². The molecule has 0 aromatic heterocycles. The fourth-order valence-corrected chi connectivity index (χ4v) is 3.44. The Balaban J connectivity index is 2.21. The van der Waals surface area contributed by atoms with E-state index in [1.807, 2.05) is 24.3 Å². The Hall–Kier alpha value is -0.480. The second-order valence-electron chi connectivity index (χ2n) is 3.69. The van der Waals surface area contributed by atoms with Gasteiger partial charge >= 0.3 is 5.97 Å². The summed E-state index contributed by atoms with van der Waals surface area (Å²) in [6.07, 6.45) is 2.56. The van der Waals surface area contributed by atoms with Crippen molar-refractivity contribution >= 4 is 33.7 Å². The van der Waals surface area contributed by atoms with Gasteiger partial charge in [0.2, 0.25) is 0 Å². The van der Waals surface area contributed by atoms with E-state index in [9.17, 15) is 9.90 Å². The van der Waals surface area contributed by atoms with Crippen molar-refractivity contribution in [3.63, 3.8) is 0 Å². The molecule has 0 amide bonds. The minimum absolute atomic E-state index is 0.579. The summed E-state index contributed by atoms with van der Waals surface area (Å²) in [4.78, 5) is 12.2. The minimum atomic E-state index is -0.686. The molecule has 1 aliphatic carbocycles. The number of benzene rings is 1. The van der Waals surface area contributed by atoms with Gasteiger partial charge in [-0.2, -0.15) is 0 Å². The molecule has 0 saturated heterocycles. The molecule has 1 fully saturated rings. The van der Waals surface area contributed by atoms with Crippen LogP contribution in [0.4, 0.5) is 0 Å². The maximum atomic E-state index is 11.2. The van der Waals surface area contributed by atoms with Crippen LogP contribution in [0.5, 0.6) is 0 Å². The summed E-state index contributed by atoms with van der Waals surface area (Å²) in [5, 5.41) is 9.20. The van der Waals surface area contributed by atoms with Crippen molar-refractivity contribution in [1.82, 2.24) is 0 Å². The van der Waals surface area contributed by atoms with Crippen LogP contribution in [-0.2, 0) is 4.79 Å². The van der Waals surface area contributed by atoms with E-state index in [1.165, 1.54) is 11.8 Å². The summed E-state index contributed by atoms with van der Waals surface area (Å²) in [5.41, 5.74) is 0. The molecule has 1 aromatic rings. The van der Waals surface area contributed by atoms with Gasteiger partial charge in [-0.15, -0.1) is 11.8 Å². The van der Waals surface area contributed by atoms with E-state index in [1.54, 1.807) is 0 Å². The second-order valence-corrected chi connectivity index (χ2v) is 5.97. The molecule has 1 aromatic carbocycles. The zero-order valence-corrected chi connectivity index (χ0v) is 10.5. The van der Waals surface area contributed by atoms with Crippen LogP contribution in [0.2, 0.25) is 0 Å². The third kappa shape index (κ3) is 2.06. The topological polar surface area (TPSA) is 37.3 Å². The van der Waals surface area contributed by atoms with E-state index in [-0.39, 0.29) is 0 Å². The van der Waals surface area contributed by atoms with Crippen molar-refractivity contribution < 1.29 is 9.90 Å². The van der Waals surface area contributed by atoms with Crippen LogP contribution >= 0.6 is 27.7 Å². The molecule has 1 aliphatic rings. The Kier molecular flexibility index (Phi) is 3.07. The van der Waals surface area contributed by atoms with Gasteiger partial charge in [0.05, 0.1) is 0 Å². The molecule has 0 spiro atoms. The van der Waals surface area contributed by atoms with Gasteiger partial charge in [0.15, 0.2) is 0 Å². The lowest BCUT2D eigenvalue weighted by Gasteiger charge is -2.37. The number of carbonyl (C=O) groups is 1. The Bertz CT molecular complexity index is 388. The molecule has 2 rings (SSSR count). The predicted octanol–water partition coefficient (Wildman–Crippen LogP) is 3.55. The fraction of sp³-hybridized carbons (Fsp3) is 0.364. The monoisotopic (exact) mass is 286 g/mol. The Morgan fingerprint density at radius 3 is 2.53 bits per heavy atom.